The molecule has 0 heterocycles. The number of hydrogen-bond acceptors (Lipinski definition) is 2. The third kappa shape index (κ3) is 13.5. The van der Waals surface area contributed by atoms with Crippen molar-refractivity contribution in [2.24, 2.45) is 0 Å². The fraction of sp³-hybridized carbons (Fsp3) is 0.600. The summed E-state index contributed by atoms with van der Waals surface area (Å²) in [6, 6.07) is 0. The van der Waals surface area contributed by atoms with Gasteiger partial charge in [0.25, 0.3) is 0 Å². The second-order valence-electron chi connectivity index (χ2n) is 4.99. The zero-order valence-electron chi connectivity index (χ0n) is 12.5. The van der Waals surface area contributed by atoms with Crippen molar-refractivity contribution >= 4 is 8.25 Å². The van der Waals surface area contributed by atoms with Gasteiger partial charge in [-0.15, -0.1) is 9.42 Å². The summed E-state index contributed by atoms with van der Waals surface area (Å²) in [4.78, 5) is 8.48. The van der Waals surface area contributed by atoms with Crippen LogP contribution in [0.4, 0.5) is 0 Å². The van der Waals surface area contributed by atoms with Crippen LogP contribution in [0.3, 0.4) is 0 Å². The first kappa shape index (κ1) is 18.2. The van der Waals surface area contributed by atoms with Crippen LogP contribution in [0, 0.1) is 0 Å². The lowest BCUT2D eigenvalue weighted by Crippen LogP contribution is -1.85. The molecule has 0 aliphatic carbocycles. The van der Waals surface area contributed by atoms with Crippen LogP contribution >= 0.6 is 8.25 Å². The monoisotopic (exact) mass is 285 g/mol. The van der Waals surface area contributed by atoms with E-state index in [9.17, 15) is 4.57 Å². The molecule has 3 nitrogen and oxygen atoms in total. The van der Waals surface area contributed by atoms with Crippen molar-refractivity contribution in [1.29, 1.82) is 0 Å². The molecule has 4 heteroatoms. The van der Waals surface area contributed by atoms with Crippen LogP contribution in [0.25, 0.3) is 0 Å². The predicted molar refractivity (Wildman–Crippen MR) is 81.2 cm³/mol. The number of rotatable bonds is 9. The van der Waals surface area contributed by atoms with Crippen LogP contribution in [0.2, 0.25) is 0 Å². The first-order valence-corrected chi connectivity index (χ1v) is 7.78. The Morgan fingerprint density at radius 1 is 1.00 bits per heavy atom. The van der Waals surface area contributed by atoms with Crippen LogP contribution < -0.4 is 0 Å². The van der Waals surface area contributed by atoms with Crippen LogP contribution in [0.1, 0.15) is 53.4 Å². The quantitative estimate of drug-likeness (QED) is 0.475. The second kappa shape index (κ2) is 11.1. The minimum Gasteiger partial charge on any atom is -0.133 e. The van der Waals surface area contributed by atoms with Gasteiger partial charge < -0.3 is 0 Å². The Kier molecular flexibility index (Phi) is 10.7. The molecule has 1 atom stereocenters. The topological polar surface area (TPSA) is 46.5 Å². The maximum Gasteiger partial charge on any atom is 0.695 e. The smallest absolute Gasteiger partial charge is 0.133 e. The average Bonchev–Trinajstić information content (AvgIpc) is 2.27. The van der Waals surface area contributed by atoms with Gasteiger partial charge in [-0.2, -0.15) is 0 Å². The van der Waals surface area contributed by atoms with Crippen LogP contribution in [-0.2, 0) is 9.09 Å². The van der Waals surface area contributed by atoms with E-state index in [-0.39, 0.29) is 6.61 Å². The van der Waals surface area contributed by atoms with E-state index in [0.29, 0.717) is 0 Å². The Labute approximate surface area is 118 Å². The van der Waals surface area contributed by atoms with E-state index >= 15 is 0 Å². The zero-order chi connectivity index (χ0) is 14.7. The summed E-state index contributed by atoms with van der Waals surface area (Å²) < 4.78 is 14.9. The molecule has 0 aromatic heterocycles. The summed E-state index contributed by atoms with van der Waals surface area (Å²) in [6.45, 7) is 8.63. The van der Waals surface area contributed by atoms with Gasteiger partial charge in [-0.25, -0.2) is 0 Å². The molecule has 0 bridgehead atoms. The van der Waals surface area contributed by atoms with Gasteiger partial charge in [0.15, 0.2) is 0 Å². The third-order valence-corrected chi connectivity index (χ3v) is 3.11. The van der Waals surface area contributed by atoms with Crippen LogP contribution in [-0.4, -0.2) is 11.5 Å². The Hall–Kier alpha value is -0.760. The van der Waals surface area contributed by atoms with Crippen molar-refractivity contribution in [3.05, 3.63) is 34.9 Å². The molecule has 0 radical (unpaired) electrons. The molecule has 108 valence electrons. The van der Waals surface area contributed by atoms with Gasteiger partial charge in [0, 0.05) is 4.57 Å². The Balaban J connectivity index is 3.86. The van der Waals surface area contributed by atoms with Crippen molar-refractivity contribution in [2.75, 3.05) is 6.61 Å². The molecule has 0 saturated heterocycles. The van der Waals surface area contributed by atoms with Crippen molar-refractivity contribution in [2.45, 2.75) is 53.4 Å². The number of allylic oxidation sites excluding steroid dienone is 5. The number of hydrogen-bond donors (Lipinski definition) is 1. The molecule has 1 unspecified atom stereocenters. The van der Waals surface area contributed by atoms with E-state index in [1.807, 2.05) is 13.0 Å². The average molecular weight is 285 g/mol. The molecule has 0 spiro atoms. The zero-order valence-corrected chi connectivity index (χ0v) is 13.4. The molecule has 0 fully saturated rings. The lowest BCUT2D eigenvalue weighted by molar-refractivity contribution is 0.312. The Morgan fingerprint density at radius 2 is 1.53 bits per heavy atom. The maximum absolute atomic E-state index is 10.3. The van der Waals surface area contributed by atoms with Gasteiger partial charge in [-0.3, -0.25) is 0 Å². The molecule has 19 heavy (non-hydrogen) atoms. The van der Waals surface area contributed by atoms with E-state index in [2.05, 4.69) is 37.4 Å². The second-order valence-corrected chi connectivity index (χ2v) is 5.73. The minimum absolute atomic E-state index is 0.209. The molecule has 0 aromatic carbocycles. The summed E-state index contributed by atoms with van der Waals surface area (Å²) in [5, 5.41) is 0. The van der Waals surface area contributed by atoms with E-state index in [4.69, 9.17) is 4.89 Å². The van der Waals surface area contributed by atoms with Crippen molar-refractivity contribution in [3.63, 3.8) is 0 Å². The highest BCUT2D eigenvalue weighted by atomic mass is 31.1. The van der Waals surface area contributed by atoms with Crippen molar-refractivity contribution < 1.29 is 14.0 Å². The molecule has 0 saturated carbocycles. The normalized spacial score (nSPS) is 13.4. The van der Waals surface area contributed by atoms with Crippen LogP contribution in [0.15, 0.2) is 34.9 Å². The first-order chi connectivity index (χ1) is 8.91. The van der Waals surface area contributed by atoms with Gasteiger partial charge in [0.2, 0.25) is 0 Å². The molecule has 0 aliphatic rings. The molecule has 0 aliphatic heterocycles. The van der Waals surface area contributed by atoms with Crippen LogP contribution in [0.5, 0.6) is 0 Å². The summed E-state index contributed by atoms with van der Waals surface area (Å²) in [7, 11) is -2.48. The molecule has 0 rings (SSSR count). The third-order valence-electron chi connectivity index (χ3n) is 2.74. The summed E-state index contributed by atoms with van der Waals surface area (Å²) >= 11 is 0. The summed E-state index contributed by atoms with van der Waals surface area (Å²) in [5.41, 5.74) is 3.97. The predicted octanol–water partition coefficient (Wildman–Crippen LogP) is 5.07. The lowest BCUT2D eigenvalue weighted by atomic mass is 10.1. The van der Waals surface area contributed by atoms with Crippen molar-refractivity contribution in [3.8, 4) is 0 Å². The first-order valence-electron chi connectivity index (χ1n) is 6.65. The van der Waals surface area contributed by atoms with E-state index in [0.717, 1.165) is 25.7 Å². The van der Waals surface area contributed by atoms with Gasteiger partial charge in [0.1, 0.15) is 6.61 Å². The van der Waals surface area contributed by atoms with Gasteiger partial charge in [-0.1, -0.05) is 34.9 Å². The van der Waals surface area contributed by atoms with E-state index in [1.165, 1.54) is 16.7 Å². The van der Waals surface area contributed by atoms with E-state index < -0.39 is 8.25 Å². The fourth-order valence-corrected chi connectivity index (χ4v) is 1.78. The highest BCUT2D eigenvalue weighted by Crippen LogP contribution is 2.15. The lowest BCUT2D eigenvalue weighted by Gasteiger charge is -2.00. The Morgan fingerprint density at radius 3 is 2.05 bits per heavy atom. The largest absolute Gasteiger partial charge is 0.695 e. The van der Waals surface area contributed by atoms with Gasteiger partial charge in [-0.05, 0) is 53.4 Å². The molecular formula is C15H26O3P+. The highest BCUT2D eigenvalue weighted by Gasteiger charge is 2.08. The van der Waals surface area contributed by atoms with E-state index in [1.54, 1.807) is 0 Å². The van der Waals surface area contributed by atoms with Crippen molar-refractivity contribution in [1.82, 2.24) is 0 Å². The highest BCUT2D eigenvalue weighted by molar-refractivity contribution is 7.32. The molecular weight excluding hydrogens is 259 g/mol. The maximum atomic E-state index is 10.3. The minimum atomic E-state index is -2.48. The SMILES string of the molecule is CC(C)=CCCC(C)=CCCC(C)=CCO[P+](=O)O. The standard InChI is InChI=1S/C15H25O3P/c1-13(2)7-5-8-14(3)9-6-10-15(4)11-12-18-19(16)17/h7,9,11H,5-6,8,10,12H2,1-4H3/p+1. The summed E-state index contributed by atoms with van der Waals surface area (Å²) in [6.07, 6.45) is 10.6. The molecule has 0 amide bonds. The summed E-state index contributed by atoms with van der Waals surface area (Å²) in [5.74, 6) is 0. The molecule has 1 N–H and O–H groups in total. The van der Waals surface area contributed by atoms with Gasteiger partial charge in [0.05, 0.1) is 0 Å². The van der Waals surface area contributed by atoms with Gasteiger partial charge >= 0.3 is 8.25 Å². The molecule has 0 aromatic rings. The fourth-order valence-electron chi connectivity index (χ4n) is 1.58. The Bertz CT molecular complexity index is 364.